The first-order valence-corrected chi connectivity index (χ1v) is 5.54. The molecule has 0 amide bonds. The van der Waals surface area contributed by atoms with Gasteiger partial charge in [0, 0.05) is 16.7 Å². The lowest BCUT2D eigenvalue weighted by Gasteiger charge is -2.12. The van der Waals surface area contributed by atoms with Crippen LogP contribution in [-0.4, -0.2) is 17.2 Å². The van der Waals surface area contributed by atoms with E-state index in [9.17, 15) is 4.39 Å². The Hall–Kier alpha value is -0.640. The van der Waals surface area contributed by atoms with Gasteiger partial charge in [0.1, 0.15) is 6.17 Å². The van der Waals surface area contributed by atoms with E-state index in [1.165, 1.54) is 0 Å². The van der Waals surface area contributed by atoms with Crippen molar-refractivity contribution in [2.75, 3.05) is 5.32 Å². The third-order valence-electron chi connectivity index (χ3n) is 2.44. The van der Waals surface area contributed by atoms with Gasteiger partial charge >= 0.3 is 0 Å². The fourth-order valence-corrected chi connectivity index (χ4v) is 2.15. The first kappa shape index (κ1) is 9.90. The number of nitrogens with zero attached hydrogens (tertiary/aromatic N) is 1. The maximum absolute atomic E-state index is 12.9. The van der Waals surface area contributed by atoms with Gasteiger partial charge in [0.25, 0.3) is 0 Å². The Labute approximate surface area is 91.1 Å². The van der Waals surface area contributed by atoms with E-state index in [0.717, 1.165) is 16.6 Å². The summed E-state index contributed by atoms with van der Waals surface area (Å²) in [5, 5.41) is 3.28. The van der Waals surface area contributed by atoms with Gasteiger partial charge in [0.05, 0.1) is 11.9 Å². The van der Waals surface area contributed by atoms with Gasteiger partial charge in [-0.15, -0.1) is 0 Å². The molecule has 2 atom stereocenters. The number of rotatable bonds is 2. The third kappa shape index (κ3) is 2.44. The highest BCUT2D eigenvalue weighted by Crippen LogP contribution is 2.25. The summed E-state index contributed by atoms with van der Waals surface area (Å²) in [6.07, 6.45) is 5.07. The number of nitrogens with one attached hydrogen (secondary N) is 1. The van der Waals surface area contributed by atoms with E-state index in [4.69, 9.17) is 0 Å². The van der Waals surface area contributed by atoms with Crippen molar-refractivity contribution in [1.29, 1.82) is 0 Å². The van der Waals surface area contributed by atoms with Crippen LogP contribution in [-0.2, 0) is 0 Å². The summed E-state index contributed by atoms with van der Waals surface area (Å²) in [6.45, 7) is 0. The van der Waals surface area contributed by atoms with Gasteiger partial charge in [-0.2, -0.15) is 0 Å². The molecule has 4 heteroatoms. The predicted octanol–water partition coefficient (Wildman–Crippen LogP) is 3.15. The fraction of sp³-hybridized carbons (Fsp3) is 0.500. The maximum Gasteiger partial charge on any atom is 0.102 e. The van der Waals surface area contributed by atoms with Crippen molar-refractivity contribution in [3.05, 3.63) is 22.9 Å². The monoisotopic (exact) mass is 258 g/mol. The Balaban J connectivity index is 1.97. The third-order valence-corrected chi connectivity index (χ3v) is 2.88. The van der Waals surface area contributed by atoms with E-state index >= 15 is 0 Å². The quantitative estimate of drug-likeness (QED) is 0.882. The maximum atomic E-state index is 12.9. The summed E-state index contributed by atoms with van der Waals surface area (Å²) in [7, 11) is 0. The highest BCUT2D eigenvalue weighted by atomic mass is 79.9. The minimum absolute atomic E-state index is 0.265. The molecule has 2 nitrogen and oxygen atoms in total. The van der Waals surface area contributed by atoms with Crippen LogP contribution in [0.1, 0.15) is 19.3 Å². The Bertz CT molecular complexity index is 319. The van der Waals surface area contributed by atoms with Crippen LogP contribution in [0.25, 0.3) is 0 Å². The zero-order valence-corrected chi connectivity index (χ0v) is 9.30. The lowest BCUT2D eigenvalue weighted by Crippen LogP contribution is -2.15. The van der Waals surface area contributed by atoms with E-state index in [-0.39, 0.29) is 6.04 Å². The second-order valence-corrected chi connectivity index (χ2v) is 4.56. The largest absolute Gasteiger partial charge is 0.381 e. The molecular weight excluding hydrogens is 247 g/mol. The number of anilines is 1. The van der Waals surface area contributed by atoms with Crippen LogP contribution >= 0.6 is 15.9 Å². The van der Waals surface area contributed by atoms with E-state index < -0.39 is 6.17 Å². The molecule has 1 aromatic rings. The second kappa shape index (κ2) is 4.26. The molecule has 1 aromatic heterocycles. The number of halogens is 2. The van der Waals surface area contributed by atoms with Crippen LogP contribution in [0.3, 0.4) is 0 Å². The molecule has 14 heavy (non-hydrogen) atoms. The molecule has 1 fully saturated rings. The number of aromatic nitrogens is 1. The van der Waals surface area contributed by atoms with Crippen molar-refractivity contribution in [3.8, 4) is 0 Å². The average Bonchev–Trinajstić information content (AvgIpc) is 2.51. The smallest absolute Gasteiger partial charge is 0.102 e. The molecule has 1 heterocycles. The van der Waals surface area contributed by atoms with Gasteiger partial charge in [0.2, 0.25) is 0 Å². The molecule has 2 unspecified atom stereocenters. The molecule has 0 aromatic carbocycles. The van der Waals surface area contributed by atoms with Crippen LogP contribution in [0.2, 0.25) is 0 Å². The predicted molar refractivity (Wildman–Crippen MR) is 58.1 cm³/mol. The van der Waals surface area contributed by atoms with Gasteiger partial charge in [-0.1, -0.05) is 0 Å². The Morgan fingerprint density at radius 2 is 2.29 bits per heavy atom. The zero-order valence-electron chi connectivity index (χ0n) is 7.71. The Morgan fingerprint density at radius 1 is 1.43 bits per heavy atom. The van der Waals surface area contributed by atoms with E-state index in [2.05, 4.69) is 26.2 Å². The number of hydrogen-bond acceptors (Lipinski definition) is 2. The van der Waals surface area contributed by atoms with Crippen molar-refractivity contribution in [3.63, 3.8) is 0 Å². The molecule has 0 saturated heterocycles. The SMILES string of the molecule is FC1CCC(Nc2cncc(Br)c2)C1. The van der Waals surface area contributed by atoms with Crippen molar-refractivity contribution >= 4 is 21.6 Å². The molecule has 1 aliphatic carbocycles. The lowest BCUT2D eigenvalue weighted by molar-refractivity contribution is 0.341. The minimum Gasteiger partial charge on any atom is -0.381 e. The van der Waals surface area contributed by atoms with Gasteiger partial charge in [-0.3, -0.25) is 4.98 Å². The number of alkyl halides is 1. The van der Waals surface area contributed by atoms with Crippen LogP contribution in [0.4, 0.5) is 10.1 Å². The van der Waals surface area contributed by atoms with Crippen LogP contribution in [0.5, 0.6) is 0 Å². The molecule has 0 radical (unpaired) electrons. The first-order chi connectivity index (χ1) is 6.74. The summed E-state index contributed by atoms with van der Waals surface area (Å²) in [6, 6.07) is 2.22. The summed E-state index contributed by atoms with van der Waals surface area (Å²) < 4.78 is 13.8. The summed E-state index contributed by atoms with van der Waals surface area (Å²) >= 11 is 3.35. The molecule has 1 saturated carbocycles. The molecule has 1 aliphatic rings. The first-order valence-electron chi connectivity index (χ1n) is 4.75. The molecule has 0 spiro atoms. The van der Waals surface area contributed by atoms with Crippen molar-refractivity contribution < 1.29 is 4.39 Å². The summed E-state index contributed by atoms with van der Waals surface area (Å²) in [5.74, 6) is 0. The second-order valence-electron chi connectivity index (χ2n) is 3.64. The standard InChI is InChI=1S/C10H12BrFN2/c11-7-3-10(6-13-5-7)14-9-2-1-8(12)4-9/h3,5-6,8-9,14H,1-2,4H2. The van der Waals surface area contributed by atoms with E-state index in [1.54, 1.807) is 12.4 Å². The van der Waals surface area contributed by atoms with Crippen LogP contribution in [0.15, 0.2) is 22.9 Å². The molecule has 0 bridgehead atoms. The van der Waals surface area contributed by atoms with Crippen molar-refractivity contribution in [2.24, 2.45) is 0 Å². The van der Waals surface area contributed by atoms with Gasteiger partial charge in [0.15, 0.2) is 0 Å². The molecule has 0 aliphatic heterocycles. The van der Waals surface area contributed by atoms with Crippen LogP contribution in [0, 0.1) is 0 Å². The van der Waals surface area contributed by atoms with E-state index in [0.29, 0.717) is 12.8 Å². The summed E-state index contributed by atoms with van der Waals surface area (Å²) in [4.78, 5) is 4.04. The number of hydrogen-bond donors (Lipinski definition) is 1. The van der Waals surface area contributed by atoms with E-state index in [1.807, 2.05) is 6.07 Å². The van der Waals surface area contributed by atoms with Crippen molar-refractivity contribution in [1.82, 2.24) is 4.98 Å². The minimum atomic E-state index is -0.632. The van der Waals surface area contributed by atoms with Crippen molar-refractivity contribution in [2.45, 2.75) is 31.5 Å². The molecule has 2 rings (SSSR count). The normalized spacial score (nSPS) is 26.4. The lowest BCUT2D eigenvalue weighted by atomic mass is 10.2. The van der Waals surface area contributed by atoms with Crippen LogP contribution < -0.4 is 5.32 Å². The Kier molecular flexibility index (Phi) is 3.01. The van der Waals surface area contributed by atoms with Gasteiger partial charge in [-0.25, -0.2) is 4.39 Å². The zero-order chi connectivity index (χ0) is 9.97. The Morgan fingerprint density at radius 3 is 2.93 bits per heavy atom. The highest BCUT2D eigenvalue weighted by Gasteiger charge is 2.23. The highest BCUT2D eigenvalue weighted by molar-refractivity contribution is 9.10. The topological polar surface area (TPSA) is 24.9 Å². The average molecular weight is 259 g/mol. The summed E-state index contributed by atoms with van der Waals surface area (Å²) in [5.41, 5.74) is 0.957. The molecule has 1 N–H and O–H groups in total. The van der Waals surface area contributed by atoms with Gasteiger partial charge in [-0.05, 0) is 41.3 Å². The molecule has 76 valence electrons. The van der Waals surface area contributed by atoms with Gasteiger partial charge < -0.3 is 5.32 Å². The molecular formula is C10H12BrFN2. The fourth-order valence-electron chi connectivity index (χ4n) is 1.78. The number of pyridine rings is 1.